The van der Waals surface area contributed by atoms with E-state index in [1.54, 1.807) is 25.3 Å². The number of nitrogens with zero attached hydrogens (tertiary/aromatic N) is 5. The lowest BCUT2D eigenvalue weighted by atomic mass is 9.98. The van der Waals surface area contributed by atoms with E-state index in [2.05, 4.69) is 27.0 Å². The summed E-state index contributed by atoms with van der Waals surface area (Å²) in [5, 5.41) is 19.4. The van der Waals surface area contributed by atoms with Gasteiger partial charge in [-0.25, -0.2) is 9.97 Å². The minimum absolute atomic E-state index is 0.0650. The Morgan fingerprint density at radius 3 is 2.54 bits per heavy atom. The molecule has 4 aromatic rings. The predicted octanol–water partition coefficient (Wildman–Crippen LogP) is 6.38. The number of piperidine rings is 1. The molecule has 318 valence electrons. The van der Waals surface area contributed by atoms with Crippen LogP contribution in [0.5, 0.6) is 11.5 Å². The number of imide groups is 2. The van der Waals surface area contributed by atoms with Crippen molar-refractivity contribution in [2.75, 3.05) is 44.5 Å². The number of aryl methyl sites for hydroxylation is 1. The van der Waals surface area contributed by atoms with E-state index in [9.17, 15) is 29.2 Å². The minimum atomic E-state index is -1.01. The van der Waals surface area contributed by atoms with Gasteiger partial charge in [-0.15, -0.1) is 0 Å². The third-order valence-electron chi connectivity index (χ3n) is 12.0. The molecule has 15 nitrogen and oxygen atoms in total. The van der Waals surface area contributed by atoms with Crippen LogP contribution in [0.3, 0.4) is 0 Å². The van der Waals surface area contributed by atoms with Gasteiger partial charge in [0.2, 0.25) is 17.7 Å². The molecule has 15 heteroatoms. The number of nitrogens with one attached hydrogen (secondary N) is 3. The van der Waals surface area contributed by atoms with Gasteiger partial charge in [-0.3, -0.25) is 34.2 Å². The van der Waals surface area contributed by atoms with Crippen molar-refractivity contribution >= 4 is 51.9 Å². The molecule has 3 N–H and O–H groups in total. The van der Waals surface area contributed by atoms with E-state index in [0.717, 1.165) is 59.9 Å². The number of amides is 5. The largest absolute Gasteiger partial charge is 0.493 e. The van der Waals surface area contributed by atoms with Crippen molar-refractivity contribution in [3.05, 3.63) is 82.2 Å². The molecule has 3 aromatic carbocycles. The molecule has 2 atom stereocenters. The van der Waals surface area contributed by atoms with Gasteiger partial charge in [0.05, 0.1) is 48.0 Å². The van der Waals surface area contributed by atoms with Crippen LogP contribution in [0.1, 0.15) is 114 Å². The number of fused-ring (bicyclic) bond motifs is 2. The number of hydrogen-bond acceptors (Lipinski definition) is 12. The summed E-state index contributed by atoms with van der Waals surface area (Å²) in [6, 6.07) is 15.6. The summed E-state index contributed by atoms with van der Waals surface area (Å²) in [7, 11) is 3.45. The molecule has 1 aliphatic carbocycles. The number of carbonyl (C=O) groups is 5. The second-order valence-corrected chi connectivity index (χ2v) is 16.4. The second kappa shape index (κ2) is 18.0. The van der Waals surface area contributed by atoms with Crippen molar-refractivity contribution in [3.63, 3.8) is 0 Å². The second-order valence-electron chi connectivity index (χ2n) is 16.4. The fourth-order valence-corrected chi connectivity index (χ4v) is 8.34. The van der Waals surface area contributed by atoms with Crippen LogP contribution in [0.15, 0.2) is 48.5 Å². The molecule has 61 heavy (non-hydrogen) atoms. The van der Waals surface area contributed by atoms with E-state index >= 15 is 0 Å². The van der Waals surface area contributed by atoms with Crippen molar-refractivity contribution in [2.24, 2.45) is 5.41 Å². The molecule has 2 aliphatic heterocycles. The maximum Gasteiger partial charge on any atom is 0.264 e. The summed E-state index contributed by atoms with van der Waals surface area (Å²) in [4.78, 5) is 75.9. The van der Waals surface area contributed by atoms with Crippen LogP contribution >= 0.6 is 0 Å². The average Bonchev–Trinajstić information content (AvgIpc) is 3.96. The molecule has 7 rings (SSSR count). The quantitative estimate of drug-likeness (QED) is 0.0741. The Morgan fingerprint density at radius 1 is 1.03 bits per heavy atom. The minimum Gasteiger partial charge on any atom is -0.493 e. The third kappa shape index (κ3) is 9.13. The Kier molecular flexibility index (Phi) is 12.5. The van der Waals surface area contributed by atoms with Gasteiger partial charge < -0.3 is 25.0 Å². The van der Waals surface area contributed by atoms with Gasteiger partial charge in [-0.2, -0.15) is 5.26 Å². The summed E-state index contributed by atoms with van der Waals surface area (Å²) in [5.74, 6) is 0.352. The summed E-state index contributed by atoms with van der Waals surface area (Å²) < 4.78 is 12.2. The summed E-state index contributed by atoms with van der Waals surface area (Å²) in [5.41, 5.74) is 4.14. The highest BCUT2D eigenvalue weighted by atomic mass is 16.5. The van der Waals surface area contributed by atoms with Gasteiger partial charge in [0, 0.05) is 55.5 Å². The van der Waals surface area contributed by atoms with Gasteiger partial charge in [0.25, 0.3) is 11.8 Å². The molecular weight excluding hydrogens is 777 g/mol. The van der Waals surface area contributed by atoms with Gasteiger partial charge in [0.15, 0.2) is 11.5 Å². The highest BCUT2D eigenvalue weighted by Crippen LogP contribution is 2.47. The number of nitriles is 1. The molecule has 0 radical (unpaired) electrons. The first kappa shape index (κ1) is 42.6. The zero-order chi connectivity index (χ0) is 43.4. The van der Waals surface area contributed by atoms with Crippen LogP contribution in [0, 0.1) is 30.6 Å². The number of aromatic nitrogens is 2. The Hall–Kier alpha value is -6.56. The highest BCUT2D eigenvalue weighted by molar-refractivity contribution is 6.25. The highest BCUT2D eigenvalue weighted by Gasteiger charge is 2.46. The standard InChI is InChI=1S/C46H52N8O7/c1-27-30(24-47)12-10-13-31(27)28(2)49-42-33-22-38(37(60-5)23-35(33)50-29(3)51-42)61-26-46(19-20-46)25-53(4)40(56)16-8-6-7-9-21-48-34-15-11-14-32-41(34)45(59)54(44(32)58)36-17-18-39(55)52-43(36)57/h10-15,22-23,28,36,48H,6-9,16-21,25-26H2,1-5H3,(H,49,50,51)(H,52,55,57)/t28-,36?/m1/s1. The summed E-state index contributed by atoms with van der Waals surface area (Å²) in [6.45, 7) is 7.40. The molecule has 2 fully saturated rings. The van der Waals surface area contributed by atoms with Gasteiger partial charge in [0.1, 0.15) is 17.7 Å². The lowest BCUT2D eigenvalue weighted by Crippen LogP contribution is -2.54. The van der Waals surface area contributed by atoms with E-state index < -0.39 is 29.7 Å². The molecule has 0 bridgehead atoms. The van der Waals surface area contributed by atoms with Crippen molar-refractivity contribution in [1.29, 1.82) is 5.26 Å². The fourth-order valence-electron chi connectivity index (χ4n) is 8.34. The van der Waals surface area contributed by atoms with Crippen molar-refractivity contribution in [1.82, 2.24) is 25.1 Å². The number of anilines is 2. The molecule has 1 saturated heterocycles. The first-order chi connectivity index (χ1) is 29.3. The smallest absolute Gasteiger partial charge is 0.264 e. The summed E-state index contributed by atoms with van der Waals surface area (Å²) in [6.07, 6.45) is 5.76. The maximum atomic E-state index is 13.4. The summed E-state index contributed by atoms with van der Waals surface area (Å²) >= 11 is 0. The molecule has 1 saturated carbocycles. The number of carbonyl (C=O) groups excluding carboxylic acids is 5. The molecule has 5 amide bonds. The van der Waals surface area contributed by atoms with Gasteiger partial charge in [-0.1, -0.05) is 31.0 Å². The van der Waals surface area contributed by atoms with Crippen LogP contribution in [-0.2, 0) is 14.4 Å². The van der Waals surface area contributed by atoms with Crippen LogP contribution in [0.25, 0.3) is 10.9 Å². The van der Waals surface area contributed by atoms with E-state index in [-0.39, 0.29) is 41.3 Å². The Balaban J connectivity index is 0.876. The molecule has 1 unspecified atom stereocenters. The van der Waals surface area contributed by atoms with E-state index in [0.29, 0.717) is 66.0 Å². The Bertz CT molecular complexity index is 2440. The van der Waals surface area contributed by atoms with Gasteiger partial charge in [-0.05, 0) is 88.3 Å². The SMILES string of the molecule is COc1cc2nc(C)nc(N[C@H](C)c3cccc(C#N)c3C)c2cc1OCC1(CN(C)C(=O)CCCCCCNc2cccc3c2C(=O)N(C2CCC(=O)NC2=O)C3=O)CC1. The van der Waals surface area contributed by atoms with Crippen molar-refractivity contribution < 1.29 is 33.4 Å². The first-order valence-electron chi connectivity index (χ1n) is 20.9. The lowest BCUT2D eigenvalue weighted by molar-refractivity contribution is -0.136. The van der Waals surface area contributed by atoms with E-state index in [4.69, 9.17) is 14.5 Å². The molecular formula is C46H52N8O7. The molecule has 0 spiro atoms. The number of unbranched alkanes of at least 4 members (excludes halogenated alkanes) is 3. The molecule has 3 aliphatic rings. The Labute approximate surface area is 355 Å². The van der Waals surface area contributed by atoms with E-state index in [1.165, 1.54) is 0 Å². The third-order valence-corrected chi connectivity index (χ3v) is 12.0. The van der Waals surface area contributed by atoms with Crippen LogP contribution in [-0.4, -0.2) is 89.2 Å². The van der Waals surface area contributed by atoms with Crippen molar-refractivity contribution in [2.45, 2.75) is 90.6 Å². The number of ether oxygens (including phenoxy) is 2. The van der Waals surface area contributed by atoms with E-state index in [1.807, 2.05) is 63.1 Å². The maximum absolute atomic E-state index is 13.4. The first-order valence-corrected chi connectivity index (χ1v) is 20.9. The van der Waals surface area contributed by atoms with Gasteiger partial charge >= 0.3 is 0 Å². The number of hydrogen-bond donors (Lipinski definition) is 3. The zero-order valence-corrected chi connectivity index (χ0v) is 35.4. The normalized spacial score (nSPS) is 17.0. The number of benzene rings is 3. The fraction of sp³-hybridized carbons (Fsp3) is 0.435. The number of methoxy groups -OCH3 is 1. The Morgan fingerprint density at radius 2 is 1.80 bits per heavy atom. The van der Waals surface area contributed by atoms with Crippen LogP contribution < -0.4 is 25.4 Å². The predicted molar refractivity (Wildman–Crippen MR) is 228 cm³/mol. The topological polar surface area (TPSA) is 196 Å². The average molecular weight is 829 g/mol. The van der Waals surface area contributed by atoms with Crippen LogP contribution in [0.2, 0.25) is 0 Å². The monoisotopic (exact) mass is 828 g/mol. The molecule has 1 aromatic heterocycles. The number of rotatable bonds is 18. The van der Waals surface area contributed by atoms with Crippen molar-refractivity contribution in [3.8, 4) is 17.6 Å². The zero-order valence-electron chi connectivity index (χ0n) is 35.4. The van der Waals surface area contributed by atoms with Crippen LogP contribution in [0.4, 0.5) is 11.5 Å². The molecule has 3 heterocycles. The lowest BCUT2D eigenvalue weighted by Gasteiger charge is -2.27.